The number of ether oxygens (including phenoxy) is 2. The summed E-state index contributed by atoms with van der Waals surface area (Å²) in [5.74, 6) is 0.521. The molecule has 0 bridgehead atoms. The minimum Gasteiger partial charge on any atom is -0.381 e. The first-order valence-electron chi connectivity index (χ1n) is 11.5. The van der Waals surface area contributed by atoms with Crippen molar-refractivity contribution in [2.24, 2.45) is 5.92 Å². The van der Waals surface area contributed by atoms with Gasteiger partial charge in [0.1, 0.15) is 0 Å². The number of sulfone groups is 1. The smallest absolute Gasteiger partial charge is 0.237 e. The van der Waals surface area contributed by atoms with E-state index in [9.17, 15) is 13.2 Å². The van der Waals surface area contributed by atoms with E-state index in [-0.39, 0.29) is 24.2 Å². The van der Waals surface area contributed by atoms with E-state index in [0.717, 1.165) is 31.5 Å². The molecule has 0 spiro atoms. The Morgan fingerprint density at radius 1 is 1.09 bits per heavy atom. The molecular formula is C23H35N3O5S. The molecular weight excluding hydrogens is 430 g/mol. The van der Waals surface area contributed by atoms with Gasteiger partial charge in [-0.05, 0) is 62.4 Å². The van der Waals surface area contributed by atoms with Gasteiger partial charge in [0.15, 0.2) is 9.84 Å². The minimum atomic E-state index is -3.51. The number of carbonyl (C=O) groups excluding carboxylic acids is 1. The summed E-state index contributed by atoms with van der Waals surface area (Å²) in [5, 5.41) is 9.27. The van der Waals surface area contributed by atoms with Crippen LogP contribution in [0.15, 0.2) is 29.2 Å². The standard InChI is InChI=1S/C23H35N3O5S/c1-30-17-5-8-22(21(12-17)31-2)32(28,29)18-6-3-15(4-7-18)13-25-23(27)20-11-16-14-24-10-9-19(16)26-20/h3-4,6-7,16-17,19-22,24,26H,5,8-14H2,1-2H3,(H,25,27). The van der Waals surface area contributed by atoms with E-state index in [0.29, 0.717) is 42.7 Å². The summed E-state index contributed by atoms with van der Waals surface area (Å²) in [7, 11) is -0.305. The molecule has 2 heterocycles. The van der Waals surface area contributed by atoms with Crippen molar-refractivity contribution in [3.05, 3.63) is 29.8 Å². The Kier molecular flexibility index (Phi) is 7.51. The van der Waals surface area contributed by atoms with E-state index in [4.69, 9.17) is 9.47 Å². The number of fused-ring (bicyclic) bond motifs is 1. The average molecular weight is 466 g/mol. The van der Waals surface area contributed by atoms with Gasteiger partial charge in [-0.2, -0.15) is 0 Å². The molecule has 32 heavy (non-hydrogen) atoms. The van der Waals surface area contributed by atoms with Crippen molar-refractivity contribution in [3.8, 4) is 0 Å². The molecule has 1 aromatic rings. The van der Waals surface area contributed by atoms with Crippen molar-refractivity contribution in [3.63, 3.8) is 0 Å². The molecule has 0 radical (unpaired) electrons. The average Bonchev–Trinajstić information content (AvgIpc) is 3.27. The van der Waals surface area contributed by atoms with Gasteiger partial charge in [-0.3, -0.25) is 4.79 Å². The molecule has 4 rings (SSSR count). The zero-order valence-corrected chi connectivity index (χ0v) is 19.7. The van der Waals surface area contributed by atoms with Gasteiger partial charge in [-0.1, -0.05) is 12.1 Å². The fraction of sp³-hybridized carbons (Fsp3) is 0.696. The number of amides is 1. The van der Waals surface area contributed by atoms with Gasteiger partial charge < -0.3 is 25.4 Å². The Morgan fingerprint density at radius 2 is 1.88 bits per heavy atom. The molecule has 6 unspecified atom stereocenters. The second-order valence-corrected chi connectivity index (χ2v) is 11.4. The summed E-state index contributed by atoms with van der Waals surface area (Å²) >= 11 is 0. The molecule has 1 saturated carbocycles. The quantitative estimate of drug-likeness (QED) is 0.552. The molecule has 1 aliphatic carbocycles. The first-order valence-corrected chi connectivity index (χ1v) is 13.1. The van der Waals surface area contributed by atoms with Crippen LogP contribution in [-0.2, 0) is 30.7 Å². The first kappa shape index (κ1) is 23.6. The SMILES string of the molecule is COC1CCC(S(=O)(=O)c2ccc(CNC(=O)C3CC4CNCCC4N3)cc2)C(OC)C1. The fourth-order valence-corrected chi connectivity index (χ4v) is 7.30. The lowest BCUT2D eigenvalue weighted by Crippen LogP contribution is -2.45. The second kappa shape index (κ2) is 10.2. The van der Waals surface area contributed by atoms with E-state index < -0.39 is 15.1 Å². The van der Waals surface area contributed by atoms with Crippen molar-refractivity contribution in [1.82, 2.24) is 16.0 Å². The van der Waals surface area contributed by atoms with Gasteiger partial charge >= 0.3 is 0 Å². The van der Waals surface area contributed by atoms with Crippen molar-refractivity contribution >= 4 is 15.7 Å². The van der Waals surface area contributed by atoms with E-state index in [2.05, 4.69) is 16.0 Å². The van der Waals surface area contributed by atoms with Crippen LogP contribution in [0.5, 0.6) is 0 Å². The Balaban J connectivity index is 1.34. The summed E-state index contributed by atoms with van der Waals surface area (Å²) in [6.07, 6.45) is 3.37. The minimum absolute atomic E-state index is 0.00828. The number of rotatable bonds is 7. The molecule has 8 nitrogen and oxygen atoms in total. The third-order valence-electron chi connectivity index (χ3n) is 7.31. The van der Waals surface area contributed by atoms with Crippen LogP contribution in [0.2, 0.25) is 0 Å². The summed E-state index contributed by atoms with van der Waals surface area (Å²) in [5.41, 5.74) is 0.876. The van der Waals surface area contributed by atoms with Gasteiger partial charge in [-0.15, -0.1) is 0 Å². The molecule has 6 atom stereocenters. The molecule has 2 saturated heterocycles. The predicted molar refractivity (Wildman–Crippen MR) is 121 cm³/mol. The van der Waals surface area contributed by atoms with Crippen LogP contribution in [0.25, 0.3) is 0 Å². The van der Waals surface area contributed by atoms with E-state index >= 15 is 0 Å². The molecule has 1 amide bonds. The highest BCUT2D eigenvalue weighted by Crippen LogP contribution is 2.32. The van der Waals surface area contributed by atoms with Gasteiger partial charge in [0, 0.05) is 33.2 Å². The Morgan fingerprint density at radius 3 is 2.56 bits per heavy atom. The maximum atomic E-state index is 13.2. The maximum absolute atomic E-state index is 13.2. The van der Waals surface area contributed by atoms with Crippen LogP contribution in [-0.4, -0.2) is 71.2 Å². The monoisotopic (exact) mass is 465 g/mol. The highest BCUT2D eigenvalue weighted by Gasteiger charge is 2.40. The van der Waals surface area contributed by atoms with Crippen LogP contribution in [0.3, 0.4) is 0 Å². The second-order valence-electron chi connectivity index (χ2n) is 9.20. The molecule has 178 valence electrons. The molecule has 2 aliphatic heterocycles. The van der Waals surface area contributed by atoms with E-state index in [1.165, 1.54) is 0 Å². The lowest BCUT2D eigenvalue weighted by atomic mass is 9.94. The number of carbonyl (C=O) groups is 1. The normalized spacial score (nSPS) is 32.9. The van der Waals surface area contributed by atoms with Crippen molar-refractivity contribution < 1.29 is 22.7 Å². The van der Waals surface area contributed by atoms with Crippen molar-refractivity contribution in [2.75, 3.05) is 27.3 Å². The Labute approximate surface area is 190 Å². The molecule has 9 heteroatoms. The maximum Gasteiger partial charge on any atom is 0.237 e. The number of hydrogen-bond donors (Lipinski definition) is 3. The molecule has 3 fully saturated rings. The van der Waals surface area contributed by atoms with Crippen molar-refractivity contribution in [2.45, 2.75) is 73.1 Å². The van der Waals surface area contributed by atoms with Crippen LogP contribution in [0, 0.1) is 5.92 Å². The Bertz CT molecular complexity index is 877. The Hall–Kier alpha value is -1.52. The summed E-state index contributed by atoms with van der Waals surface area (Å²) in [6, 6.07) is 7.10. The number of hydrogen-bond acceptors (Lipinski definition) is 7. The largest absolute Gasteiger partial charge is 0.381 e. The number of benzene rings is 1. The van der Waals surface area contributed by atoms with E-state index in [1.54, 1.807) is 38.5 Å². The lowest BCUT2D eigenvalue weighted by molar-refractivity contribution is -0.123. The van der Waals surface area contributed by atoms with Crippen molar-refractivity contribution in [1.29, 1.82) is 0 Å². The molecule has 3 aliphatic rings. The summed E-state index contributed by atoms with van der Waals surface area (Å²) in [6.45, 7) is 2.34. The third-order valence-corrected chi connectivity index (χ3v) is 9.58. The molecule has 0 aromatic heterocycles. The van der Waals surface area contributed by atoms with Crippen LogP contribution >= 0.6 is 0 Å². The van der Waals surface area contributed by atoms with Crippen LogP contribution < -0.4 is 16.0 Å². The number of nitrogens with one attached hydrogen (secondary N) is 3. The zero-order valence-electron chi connectivity index (χ0n) is 18.9. The molecule has 3 N–H and O–H groups in total. The fourth-order valence-electron chi connectivity index (χ4n) is 5.37. The van der Waals surface area contributed by atoms with Crippen LogP contribution in [0.1, 0.15) is 37.7 Å². The first-order chi connectivity index (χ1) is 15.4. The van der Waals surface area contributed by atoms with Gasteiger partial charge in [-0.25, -0.2) is 8.42 Å². The zero-order chi connectivity index (χ0) is 22.7. The highest BCUT2D eigenvalue weighted by molar-refractivity contribution is 7.92. The summed E-state index contributed by atoms with van der Waals surface area (Å²) in [4.78, 5) is 12.9. The van der Waals surface area contributed by atoms with Crippen LogP contribution in [0.4, 0.5) is 0 Å². The lowest BCUT2D eigenvalue weighted by Gasteiger charge is -2.34. The number of methoxy groups -OCH3 is 2. The van der Waals surface area contributed by atoms with E-state index in [1.807, 2.05) is 0 Å². The van der Waals surface area contributed by atoms with Gasteiger partial charge in [0.05, 0.1) is 28.4 Å². The molecule has 1 aromatic carbocycles. The number of piperidine rings is 1. The highest BCUT2D eigenvalue weighted by atomic mass is 32.2. The predicted octanol–water partition coefficient (Wildman–Crippen LogP) is 0.999. The van der Waals surface area contributed by atoms with Gasteiger partial charge in [0.25, 0.3) is 0 Å². The topological polar surface area (TPSA) is 106 Å². The third kappa shape index (κ3) is 5.02. The van der Waals surface area contributed by atoms with Gasteiger partial charge in [0.2, 0.25) is 5.91 Å². The summed E-state index contributed by atoms with van der Waals surface area (Å²) < 4.78 is 37.3.